The number of nitrogens with zero attached hydrogens (tertiary/aromatic N) is 7. The Kier molecular flexibility index (Phi) is 27.7. The van der Waals surface area contributed by atoms with Crippen LogP contribution in [-0.2, 0) is 36.9 Å². The number of hydrogen-bond acceptors (Lipinski definition) is 12. The lowest BCUT2D eigenvalue weighted by atomic mass is 10.1. The van der Waals surface area contributed by atoms with E-state index >= 15 is 0 Å². The van der Waals surface area contributed by atoms with Gasteiger partial charge in [-0.15, -0.1) is 0 Å². The number of urea groups is 2. The van der Waals surface area contributed by atoms with Crippen LogP contribution in [0.5, 0.6) is 0 Å². The summed E-state index contributed by atoms with van der Waals surface area (Å²) in [5.41, 5.74) is 8.27. The number of aliphatic hydroxyl groups is 1. The number of aromatic nitrogens is 2. The number of carbonyl (C=O) groups excluding carboxylic acids is 6. The summed E-state index contributed by atoms with van der Waals surface area (Å²) in [6, 6.07) is 23.2. The molecule has 0 bridgehead atoms. The van der Waals surface area contributed by atoms with Crippen molar-refractivity contribution < 1.29 is 65.6 Å². The predicted molar refractivity (Wildman–Crippen MR) is 283 cm³/mol. The van der Waals surface area contributed by atoms with Gasteiger partial charge in [0.25, 0.3) is 5.91 Å². The monoisotopic (exact) mass is 1100 g/mol. The van der Waals surface area contributed by atoms with Gasteiger partial charge in [-0.3, -0.25) is 24.7 Å². The molecule has 0 fully saturated rings. The van der Waals surface area contributed by atoms with Crippen LogP contribution in [0.4, 0.5) is 37.8 Å². The number of anilines is 1. The molecule has 2 heterocycles. The fraction of sp³-hybridized carbons (Fsp3) is 0.280. The highest BCUT2D eigenvalue weighted by Crippen LogP contribution is 2.18. The summed E-state index contributed by atoms with van der Waals surface area (Å²) in [6.07, 6.45) is 2.77. The lowest BCUT2D eigenvalue weighted by Gasteiger charge is -2.28. The Hall–Kier alpha value is -8.19. The molecule has 0 aliphatic heterocycles. The van der Waals surface area contributed by atoms with Gasteiger partial charge < -0.3 is 39.8 Å². The van der Waals surface area contributed by atoms with Crippen molar-refractivity contribution in [3.8, 4) is 0 Å². The van der Waals surface area contributed by atoms with Crippen LogP contribution in [0.1, 0.15) is 47.3 Å². The predicted octanol–water partition coefficient (Wildman–Crippen LogP) is 8.56. The second-order valence-electron chi connectivity index (χ2n) is 15.7. The number of ether oxygens (including phenoxy) is 3. The van der Waals surface area contributed by atoms with Crippen molar-refractivity contribution in [2.24, 2.45) is 5.11 Å². The molecule has 6 aromatic rings. The van der Waals surface area contributed by atoms with Crippen LogP contribution in [0.15, 0.2) is 115 Å². The largest absolute Gasteiger partial charge is 0.469 e. The molecule has 406 valence electrons. The number of aliphatic hydroxyl groups excluding tert-OH is 1. The van der Waals surface area contributed by atoms with Gasteiger partial charge in [0.05, 0.1) is 32.9 Å². The van der Waals surface area contributed by atoms with E-state index < -0.39 is 71.4 Å². The number of fused-ring (bicyclic) bond motifs is 2. The average Bonchev–Trinajstić information content (AvgIpc) is 3.41. The molecule has 4 aromatic carbocycles. The molecule has 4 N–H and O–H groups in total. The summed E-state index contributed by atoms with van der Waals surface area (Å²) in [5.74, 6) is -5.40. The van der Waals surface area contributed by atoms with Gasteiger partial charge >= 0.3 is 30.1 Å². The first-order valence-electron chi connectivity index (χ1n) is 22.3. The van der Waals surface area contributed by atoms with Gasteiger partial charge in [-0.25, -0.2) is 36.9 Å². The van der Waals surface area contributed by atoms with E-state index in [-0.39, 0.29) is 102 Å². The zero-order valence-corrected chi connectivity index (χ0v) is 43.5. The van der Waals surface area contributed by atoms with Crippen LogP contribution in [0.25, 0.3) is 32.0 Å². The maximum atomic E-state index is 13.9. The van der Waals surface area contributed by atoms with E-state index in [1.807, 2.05) is 48.5 Å². The third kappa shape index (κ3) is 19.9. The first kappa shape index (κ1) is 63.9. The number of methoxy groups -OCH3 is 2. The summed E-state index contributed by atoms with van der Waals surface area (Å²) >= 11 is 0. The molecule has 0 aliphatic rings. The number of carbonyl (C=O) groups is 6. The second kappa shape index (κ2) is 32.9. The molecule has 0 saturated heterocycles. The molecule has 20 nitrogen and oxygen atoms in total. The highest BCUT2D eigenvalue weighted by Gasteiger charge is 2.24. The van der Waals surface area contributed by atoms with Crippen LogP contribution in [0.2, 0.25) is 0 Å². The summed E-state index contributed by atoms with van der Waals surface area (Å²) in [6.45, 7) is -1.03. The number of rotatable bonds is 17. The molecule has 2 aromatic heterocycles. The maximum absolute atomic E-state index is 13.9. The first-order valence-corrected chi connectivity index (χ1v) is 22.3. The van der Waals surface area contributed by atoms with Crippen molar-refractivity contribution in [1.29, 1.82) is 0 Å². The van der Waals surface area contributed by atoms with E-state index in [9.17, 15) is 51.4 Å². The summed E-state index contributed by atoms with van der Waals surface area (Å²) < 4.78 is 68.3. The number of amides is 6. The number of likely N-dealkylation sites (N-methyl/N-ethyl adjacent to an activating group) is 2. The molecule has 0 spiro atoms. The lowest BCUT2D eigenvalue weighted by molar-refractivity contribution is -0.141. The number of benzene rings is 4. The number of azide groups is 1. The SMILES string of the molecule is COC(=O)CC[C@@H](CO)N(C)C(=O)NCc1cccc(F)c1F.COC(=O)CC[C@@H](COC(=O)Nc1cc2ccccc2cn1)N(C)C(=O)NCc1cccc(F)c1F.S.S.[N-]=[N+]=NC(=O)c1cc2ccccc2cn1. The zero-order chi connectivity index (χ0) is 54.2. The number of hydrogen-bond donors (Lipinski definition) is 4. The highest BCUT2D eigenvalue weighted by atomic mass is 32.1. The van der Waals surface area contributed by atoms with Crippen molar-refractivity contribution in [3.63, 3.8) is 0 Å². The third-order valence-electron chi connectivity index (χ3n) is 10.9. The fourth-order valence-corrected chi connectivity index (χ4v) is 6.62. The molecule has 0 aliphatic carbocycles. The van der Waals surface area contributed by atoms with E-state index in [0.29, 0.717) is 0 Å². The topological polar surface area (TPSA) is 267 Å². The molecule has 0 unspecified atom stereocenters. The van der Waals surface area contributed by atoms with E-state index in [4.69, 9.17) is 10.3 Å². The van der Waals surface area contributed by atoms with E-state index in [1.54, 1.807) is 24.5 Å². The summed E-state index contributed by atoms with van der Waals surface area (Å²) in [4.78, 5) is 83.9. The van der Waals surface area contributed by atoms with Crippen LogP contribution < -0.4 is 16.0 Å². The second-order valence-corrected chi connectivity index (χ2v) is 15.7. The first-order chi connectivity index (χ1) is 35.5. The molecule has 76 heavy (non-hydrogen) atoms. The molecule has 26 heteroatoms. The van der Waals surface area contributed by atoms with Gasteiger partial charge in [0.2, 0.25) is 0 Å². The Morgan fingerprint density at radius 2 is 1.13 bits per heavy atom. The molecule has 0 radical (unpaired) electrons. The molecule has 6 rings (SSSR count). The summed E-state index contributed by atoms with van der Waals surface area (Å²) in [5, 5.41) is 23.4. The Balaban J connectivity index is 0.000000423. The Morgan fingerprint density at radius 1 is 0.671 bits per heavy atom. The molecule has 2 atom stereocenters. The number of nitrogens with one attached hydrogen (secondary N) is 3. The van der Waals surface area contributed by atoms with E-state index in [1.165, 1.54) is 62.4 Å². The smallest absolute Gasteiger partial charge is 0.412 e. The number of pyridine rings is 2. The Labute approximate surface area is 447 Å². The van der Waals surface area contributed by atoms with Gasteiger partial charge in [-0.2, -0.15) is 27.0 Å². The van der Waals surface area contributed by atoms with Crippen LogP contribution in [-0.4, -0.2) is 114 Å². The highest BCUT2D eigenvalue weighted by molar-refractivity contribution is 7.59. The molecule has 0 saturated carbocycles. The van der Waals surface area contributed by atoms with Gasteiger partial charge in [0.1, 0.15) is 18.1 Å². The van der Waals surface area contributed by atoms with Gasteiger partial charge in [-0.05, 0) is 58.5 Å². The molecular formula is C50H56F4N10O10S2. The summed E-state index contributed by atoms with van der Waals surface area (Å²) in [7, 11) is 5.36. The average molecular weight is 1100 g/mol. The fourth-order valence-electron chi connectivity index (χ4n) is 6.62. The van der Waals surface area contributed by atoms with E-state index in [0.717, 1.165) is 33.7 Å². The zero-order valence-electron chi connectivity index (χ0n) is 41.5. The minimum absolute atomic E-state index is 0. The number of esters is 2. The van der Waals surface area contributed by atoms with Crippen molar-refractivity contribution in [2.45, 2.75) is 50.9 Å². The standard InChI is InChI=1S/C25H26F2N4O5.C15H20F2N2O4.C10H6N4O.2H2S/c1-31(24(33)29-14-18-8-5-9-20(26)23(18)27)19(10-11-22(32)35-2)15-36-25(34)30-21-12-16-6-3-4-7-17(16)13-28-21;1-19(11(9-20)6-7-13(21)23-2)15(22)18-8-10-4-3-5-12(16)14(10)17;11-14-13-10(15)9-5-7-3-1-2-4-8(7)6-12-9;;/h3-9,12-13,19H,10-11,14-15H2,1-2H3,(H,29,33)(H,28,30,34);3-5,11,20H,6-9H2,1-2H3,(H,18,22);1-6H;2*1H2/t19-;11-;;;/m00.../s1. The number of halogens is 4. The Bertz CT molecular complexity index is 2980. The van der Waals surface area contributed by atoms with Crippen molar-refractivity contribution >= 4 is 90.4 Å². The molecule has 6 amide bonds. The maximum Gasteiger partial charge on any atom is 0.412 e. The van der Waals surface area contributed by atoms with Crippen molar-refractivity contribution in [2.75, 3.05) is 46.8 Å². The van der Waals surface area contributed by atoms with Crippen LogP contribution in [0.3, 0.4) is 0 Å². The molecular weight excluding hydrogens is 1040 g/mol. The quantitative estimate of drug-likeness (QED) is 0.0167. The van der Waals surface area contributed by atoms with Gasteiger partial charge in [-0.1, -0.05) is 72.8 Å². The Morgan fingerprint density at radius 3 is 1.62 bits per heavy atom. The van der Waals surface area contributed by atoms with Crippen LogP contribution in [0, 0.1) is 23.3 Å². The normalized spacial score (nSPS) is 10.9. The lowest BCUT2D eigenvalue weighted by Crippen LogP contribution is -2.46. The van der Waals surface area contributed by atoms with Gasteiger partial charge in [0.15, 0.2) is 23.3 Å². The minimum Gasteiger partial charge on any atom is -0.469 e. The third-order valence-corrected chi connectivity index (χ3v) is 10.9. The van der Waals surface area contributed by atoms with E-state index in [2.05, 4.69) is 45.4 Å². The minimum atomic E-state index is -1.05. The van der Waals surface area contributed by atoms with Crippen LogP contribution >= 0.6 is 27.0 Å². The van der Waals surface area contributed by atoms with Crippen molar-refractivity contribution in [3.05, 3.63) is 160 Å². The van der Waals surface area contributed by atoms with Crippen molar-refractivity contribution in [1.82, 2.24) is 30.4 Å². The van der Waals surface area contributed by atoms with Gasteiger partial charge in [0, 0.05) is 79.2 Å².